The van der Waals surface area contributed by atoms with Gasteiger partial charge >= 0.3 is 0 Å². The van der Waals surface area contributed by atoms with Gasteiger partial charge < -0.3 is 0 Å². The van der Waals surface area contributed by atoms with Gasteiger partial charge in [0.1, 0.15) is 0 Å². The first-order valence-corrected chi connectivity index (χ1v) is 15.2. The Morgan fingerprint density at radius 2 is 1.20 bits per heavy atom. The Bertz CT molecular complexity index is 2080. The molecule has 2 aliphatic rings. The van der Waals surface area contributed by atoms with E-state index in [4.69, 9.17) is 15.0 Å². The molecule has 1 aliphatic heterocycles. The van der Waals surface area contributed by atoms with Crippen LogP contribution in [0.25, 0.3) is 55.5 Å². The second kappa shape index (κ2) is 11.3. The van der Waals surface area contributed by atoms with Gasteiger partial charge in [0.15, 0.2) is 17.5 Å². The second-order valence-corrected chi connectivity index (χ2v) is 11.4. The Morgan fingerprint density at radius 1 is 0.591 bits per heavy atom. The molecule has 44 heavy (non-hydrogen) atoms. The van der Waals surface area contributed by atoms with E-state index in [1.807, 2.05) is 36.4 Å². The molecule has 0 amide bonds. The molecule has 1 aliphatic carbocycles. The highest BCUT2D eigenvalue weighted by Crippen LogP contribution is 2.41. The van der Waals surface area contributed by atoms with Crippen molar-refractivity contribution in [2.45, 2.75) is 12.8 Å². The molecule has 0 saturated carbocycles. The molecule has 0 saturated heterocycles. The van der Waals surface area contributed by atoms with Crippen LogP contribution < -0.4 is 0 Å². The van der Waals surface area contributed by atoms with Crippen molar-refractivity contribution in [3.63, 3.8) is 0 Å². The number of aromatic nitrogens is 3. The van der Waals surface area contributed by atoms with E-state index in [0.717, 1.165) is 36.1 Å². The molecule has 5 aromatic carbocycles. The summed E-state index contributed by atoms with van der Waals surface area (Å²) < 4.78 is 0. The molecule has 0 N–H and O–H groups in total. The Balaban J connectivity index is 1.35. The Kier molecular flexibility index (Phi) is 6.73. The zero-order valence-electron chi connectivity index (χ0n) is 24.3. The topological polar surface area (TPSA) is 51.0 Å². The molecule has 1 atom stereocenters. The predicted octanol–water partition coefficient (Wildman–Crippen LogP) is 9.40. The van der Waals surface area contributed by atoms with E-state index in [1.165, 1.54) is 38.3 Å². The van der Waals surface area contributed by atoms with Crippen molar-refractivity contribution in [2.24, 2.45) is 10.9 Å². The number of nitrogens with zero attached hydrogens (tertiary/aromatic N) is 4. The van der Waals surface area contributed by atoms with Crippen molar-refractivity contribution >= 4 is 38.9 Å². The number of rotatable bonds is 5. The largest absolute Gasteiger partial charge is 0.293 e. The van der Waals surface area contributed by atoms with Crippen LogP contribution in [-0.2, 0) is 0 Å². The molecule has 0 radical (unpaired) electrons. The van der Waals surface area contributed by atoms with Crippen LogP contribution in [0.2, 0.25) is 0 Å². The highest BCUT2D eigenvalue weighted by atomic mass is 15.0. The van der Waals surface area contributed by atoms with E-state index in [2.05, 4.69) is 108 Å². The summed E-state index contributed by atoms with van der Waals surface area (Å²) in [5, 5.41) is 5.04. The zero-order valence-corrected chi connectivity index (χ0v) is 24.3. The van der Waals surface area contributed by atoms with Crippen LogP contribution in [-0.4, -0.2) is 27.7 Å². The van der Waals surface area contributed by atoms with Gasteiger partial charge in [0.2, 0.25) is 0 Å². The molecule has 1 unspecified atom stereocenters. The lowest BCUT2D eigenvalue weighted by atomic mass is 9.80. The van der Waals surface area contributed by atoms with E-state index in [0.29, 0.717) is 17.5 Å². The summed E-state index contributed by atoms with van der Waals surface area (Å²) in [6.45, 7) is 0.846. The quantitative estimate of drug-likeness (QED) is 0.195. The van der Waals surface area contributed by atoms with Crippen molar-refractivity contribution in [3.8, 4) is 22.8 Å². The molecule has 8 rings (SSSR count). The molecular weight excluding hydrogens is 536 g/mol. The number of allylic oxidation sites excluding steroid dienone is 5. The van der Waals surface area contributed by atoms with Crippen LogP contribution in [0.4, 0.5) is 0 Å². The molecular formula is C40H30N4. The Hall–Kier alpha value is -5.48. The highest BCUT2D eigenvalue weighted by molar-refractivity contribution is 6.12. The van der Waals surface area contributed by atoms with Crippen molar-refractivity contribution in [1.82, 2.24) is 15.0 Å². The third-order valence-electron chi connectivity index (χ3n) is 8.53. The van der Waals surface area contributed by atoms with E-state index in [9.17, 15) is 0 Å². The smallest absolute Gasteiger partial charge is 0.164 e. The zero-order chi connectivity index (χ0) is 29.3. The van der Waals surface area contributed by atoms with E-state index < -0.39 is 0 Å². The van der Waals surface area contributed by atoms with Crippen LogP contribution in [0.3, 0.4) is 0 Å². The summed E-state index contributed by atoms with van der Waals surface area (Å²) in [6.07, 6.45) is 10.9. The van der Waals surface area contributed by atoms with Crippen molar-refractivity contribution in [2.75, 3.05) is 6.54 Å². The standard InChI is InChI=1S/C40H30N4/c1-3-12-27(13-4-1)38-42-39(28-14-5-2-6-15-28)44-40(43-38)33-23-31(30-17-11-21-41-26-30)22-32(24-33)37-25-29-16-7-8-18-34(29)35-19-9-10-20-36(35)37/h1-10,12-20,23-26,31H,11,21-22H2. The first kappa shape index (κ1) is 26.2. The molecule has 4 nitrogen and oxygen atoms in total. The molecule has 0 bridgehead atoms. The van der Waals surface area contributed by atoms with Gasteiger partial charge in [-0.3, -0.25) is 4.99 Å². The summed E-state index contributed by atoms with van der Waals surface area (Å²) in [7, 11) is 0. The SMILES string of the molecule is C1=NCCC=C1C1C=C(c2nc(-c3ccccc3)nc(-c3ccccc3)n2)C=C(c2cc3ccccc3c3ccccc23)C1. The lowest BCUT2D eigenvalue weighted by Crippen LogP contribution is -2.12. The van der Waals surface area contributed by atoms with Crippen molar-refractivity contribution < 1.29 is 0 Å². The van der Waals surface area contributed by atoms with Gasteiger partial charge in [-0.05, 0) is 63.2 Å². The molecule has 0 fully saturated rings. The number of hydrogen-bond donors (Lipinski definition) is 0. The average Bonchev–Trinajstić information content (AvgIpc) is 3.12. The summed E-state index contributed by atoms with van der Waals surface area (Å²) in [6, 6.07) is 40.1. The first-order chi connectivity index (χ1) is 21.8. The van der Waals surface area contributed by atoms with Crippen molar-refractivity contribution in [3.05, 3.63) is 150 Å². The minimum absolute atomic E-state index is 0.163. The predicted molar refractivity (Wildman–Crippen MR) is 182 cm³/mol. The fourth-order valence-electron chi connectivity index (χ4n) is 6.38. The molecule has 1 aromatic heterocycles. The Morgan fingerprint density at radius 3 is 1.89 bits per heavy atom. The maximum atomic E-state index is 5.08. The van der Waals surface area contributed by atoms with Gasteiger partial charge in [-0.1, -0.05) is 121 Å². The van der Waals surface area contributed by atoms with Gasteiger partial charge in [0, 0.05) is 35.4 Å². The average molecular weight is 567 g/mol. The molecule has 210 valence electrons. The number of dihydropyridines is 1. The molecule has 0 spiro atoms. The lowest BCUT2D eigenvalue weighted by Gasteiger charge is -2.25. The number of hydrogen-bond acceptors (Lipinski definition) is 4. The first-order valence-electron chi connectivity index (χ1n) is 15.2. The van der Waals surface area contributed by atoms with E-state index >= 15 is 0 Å². The van der Waals surface area contributed by atoms with Crippen molar-refractivity contribution in [1.29, 1.82) is 0 Å². The summed E-state index contributed by atoms with van der Waals surface area (Å²) in [4.78, 5) is 19.7. The summed E-state index contributed by atoms with van der Waals surface area (Å²) in [5.41, 5.74) is 6.72. The van der Waals surface area contributed by atoms with Crippen LogP contribution in [0.5, 0.6) is 0 Å². The van der Waals surface area contributed by atoms with Crippen LogP contribution >= 0.6 is 0 Å². The minimum atomic E-state index is 0.163. The Labute approximate surface area is 256 Å². The summed E-state index contributed by atoms with van der Waals surface area (Å²) in [5.74, 6) is 2.18. The van der Waals surface area contributed by atoms with E-state index in [1.54, 1.807) is 0 Å². The van der Waals surface area contributed by atoms with Gasteiger partial charge in [0.05, 0.1) is 0 Å². The van der Waals surface area contributed by atoms with Gasteiger partial charge in [-0.2, -0.15) is 0 Å². The van der Waals surface area contributed by atoms with Crippen LogP contribution in [0, 0.1) is 5.92 Å². The van der Waals surface area contributed by atoms with Gasteiger partial charge in [0.25, 0.3) is 0 Å². The normalized spacial score (nSPS) is 16.5. The maximum Gasteiger partial charge on any atom is 0.164 e. The number of fused-ring (bicyclic) bond motifs is 3. The number of aliphatic imine (C=N–C) groups is 1. The monoisotopic (exact) mass is 566 g/mol. The van der Waals surface area contributed by atoms with Crippen LogP contribution in [0.15, 0.2) is 144 Å². The molecule has 6 aromatic rings. The fourth-order valence-corrected chi connectivity index (χ4v) is 6.38. The molecule has 2 heterocycles. The molecule has 4 heteroatoms. The van der Waals surface area contributed by atoms with Gasteiger partial charge in [-0.15, -0.1) is 0 Å². The van der Waals surface area contributed by atoms with E-state index in [-0.39, 0.29) is 5.92 Å². The maximum absolute atomic E-state index is 5.08. The van der Waals surface area contributed by atoms with Gasteiger partial charge in [-0.25, -0.2) is 15.0 Å². The minimum Gasteiger partial charge on any atom is -0.293 e. The lowest BCUT2D eigenvalue weighted by molar-refractivity contribution is 0.796. The third-order valence-corrected chi connectivity index (χ3v) is 8.53. The fraction of sp³-hybridized carbons (Fsp3) is 0.100. The summed E-state index contributed by atoms with van der Waals surface area (Å²) >= 11 is 0. The second-order valence-electron chi connectivity index (χ2n) is 11.4. The van der Waals surface area contributed by atoms with Crippen LogP contribution in [0.1, 0.15) is 24.2 Å². The highest BCUT2D eigenvalue weighted by Gasteiger charge is 2.24. The number of benzene rings is 5. The third kappa shape index (κ3) is 4.95.